The number of hydrogen-bond acceptors (Lipinski definition) is 5. The second kappa shape index (κ2) is 8.47. The molecule has 2 atom stereocenters. The number of aromatic nitrogens is 2. The average Bonchev–Trinajstić information content (AvgIpc) is 3.12. The molecule has 2 bridgehead atoms. The second-order valence-electron chi connectivity index (χ2n) is 8.73. The second-order valence-corrected chi connectivity index (χ2v) is 8.73. The molecule has 9 heteroatoms. The molecule has 1 saturated heterocycles. The maximum absolute atomic E-state index is 13.9. The van der Waals surface area contributed by atoms with Crippen LogP contribution < -0.4 is 10.9 Å². The van der Waals surface area contributed by atoms with Gasteiger partial charge in [0.05, 0.1) is 18.8 Å². The molecule has 0 saturated carbocycles. The Kier molecular flexibility index (Phi) is 5.49. The summed E-state index contributed by atoms with van der Waals surface area (Å²) in [6.07, 6.45) is 0.996. The largest absolute Gasteiger partial charge is 0.461 e. The summed E-state index contributed by atoms with van der Waals surface area (Å²) in [6, 6.07) is 9.44. The van der Waals surface area contributed by atoms with E-state index in [0.717, 1.165) is 12.1 Å². The minimum absolute atomic E-state index is 0.0199. The van der Waals surface area contributed by atoms with Crippen LogP contribution in [-0.4, -0.2) is 52.6 Å². The number of nitrogens with zero attached hydrogens (tertiary/aromatic N) is 2. The number of pyridine rings is 1. The van der Waals surface area contributed by atoms with Gasteiger partial charge in [-0.25, -0.2) is 9.18 Å². The Balaban J connectivity index is 1.36. The zero-order chi connectivity index (χ0) is 23.1. The number of hydrogen-bond donors (Lipinski definition) is 2. The monoisotopic (exact) mass is 452 g/mol. The van der Waals surface area contributed by atoms with Crippen LogP contribution in [0.25, 0.3) is 10.9 Å². The number of anilines is 1. The van der Waals surface area contributed by atoms with E-state index in [1.165, 1.54) is 18.2 Å². The molecule has 33 heavy (non-hydrogen) atoms. The van der Waals surface area contributed by atoms with Gasteiger partial charge in [0.1, 0.15) is 11.5 Å². The Morgan fingerprint density at radius 3 is 2.88 bits per heavy atom. The normalized spacial score (nSPS) is 19.8. The maximum Gasteiger partial charge on any atom is 0.356 e. The lowest BCUT2D eigenvalue weighted by Gasteiger charge is -2.42. The lowest BCUT2D eigenvalue weighted by Crippen LogP contribution is -2.49. The first kappa shape index (κ1) is 21.4. The number of amides is 1. The maximum atomic E-state index is 13.9. The van der Waals surface area contributed by atoms with Crippen molar-refractivity contribution in [3.8, 4) is 0 Å². The molecule has 1 aromatic carbocycles. The summed E-state index contributed by atoms with van der Waals surface area (Å²) in [7, 11) is 0. The van der Waals surface area contributed by atoms with E-state index in [0.29, 0.717) is 36.5 Å². The Morgan fingerprint density at radius 2 is 2.06 bits per heavy atom. The highest BCUT2D eigenvalue weighted by molar-refractivity contribution is 6.11. The molecule has 2 N–H and O–H groups in total. The van der Waals surface area contributed by atoms with Gasteiger partial charge in [0.25, 0.3) is 5.56 Å². The molecule has 0 aliphatic carbocycles. The van der Waals surface area contributed by atoms with Crippen molar-refractivity contribution in [2.45, 2.75) is 25.8 Å². The van der Waals surface area contributed by atoms with Crippen LogP contribution in [0.5, 0.6) is 0 Å². The van der Waals surface area contributed by atoms with Crippen LogP contribution in [0.15, 0.2) is 41.2 Å². The summed E-state index contributed by atoms with van der Waals surface area (Å²) in [5, 5.41) is 3.22. The van der Waals surface area contributed by atoms with E-state index in [1.54, 1.807) is 19.1 Å². The van der Waals surface area contributed by atoms with Gasteiger partial charge < -0.3 is 19.6 Å². The molecule has 8 nitrogen and oxygen atoms in total. The molecule has 4 heterocycles. The Labute approximate surface area is 189 Å². The van der Waals surface area contributed by atoms with Crippen molar-refractivity contribution >= 4 is 28.5 Å². The number of esters is 1. The van der Waals surface area contributed by atoms with Gasteiger partial charge in [0, 0.05) is 48.2 Å². The number of H-pyrrole nitrogens is 1. The first-order valence-electron chi connectivity index (χ1n) is 11.1. The number of piperidine rings is 1. The lowest BCUT2D eigenvalue weighted by atomic mass is 9.83. The fraction of sp³-hybridized carbons (Fsp3) is 0.375. The molecule has 0 radical (unpaired) electrons. The van der Waals surface area contributed by atoms with Gasteiger partial charge in [-0.3, -0.25) is 14.5 Å². The smallest absolute Gasteiger partial charge is 0.356 e. The van der Waals surface area contributed by atoms with Crippen LogP contribution in [0.3, 0.4) is 0 Å². The fourth-order valence-electron chi connectivity index (χ4n) is 5.16. The molecule has 5 rings (SSSR count). The van der Waals surface area contributed by atoms with Crippen molar-refractivity contribution in [2.75, 3.05) is 31.6 Å². The third-order valence-electron chi connectivity index (χ3n) is 6.43. The van der Waals surface area contributed by atoms with E-state index in [1.807, 2.05) is 10.6 Å². The molecule has 0 spiro atoms. The fourth-order valence-corrected chi connectivity index (χ4v) is 5.16. The van der Waals surface area contributed by atoms with Crippen molar-refractivity contribution in [1.82, 2.24) is 14.5 Å². The van der Waals surface area contributed by atoms with Gasteiger partial charge in [-0.2, -0.15) is 0 Å². The van der Waals surface area contributed by atoms with E-state index in [9.17, 15) is 18.8 Å². The van der Waals surface area contributed by atoms with Crippen molar-refractivity contribution in [3.63, 3.8) is 0 Å². The van der Waals surface area contributed by atoms with Gasteiger partial charge in [0.2, 0.25) is 5.91 Å². The van der Waals surface area contributed by atoms with Crippen LogP contribution in [-0.2, 0) is 16.1 Å². The Morgan fingerprint density at radius 1 is 1.21 bits per heavy atom. The summed E-state index contributed by atoms with van der Waals surface area (Å²) in [6.45, 7) is 4.03. The summed E-state index contributed by atoms with van der Waals surface area (Å²) >= 11 is 0. The summed E-state index contributed by atoms with van der Waals surface area (Å²) in [4.78, 5) is 42.6. The number of ether oxygens (including phenoxy) is 1. The van der Waals surface area contributed by atoms with Gasteiger partial charge in [-0.15, -0.1) is 0 Å². The first-order valence-corrected chi connectivity index (χ1v) is 11.1. The number of carbonyl (C=O) groups excluding carboxylic acids is 2. The molecule has 1 amide bonds. The van der Waals surface area contributed by atoms with E-state index < -0.39 is 11.8 Å². The minimum atomic E-state index is -0.612. The number of carbonyl (C=O) groups is 2. The zero-order valence-electron chi connectivity index (χ0n) is 18.3. The highest BCUT2D eigenvalue weighted by Crippen LogP contribution is 2.35. The van der Waals surface area contributed by atoms with Crippen molar-refractivity contribution in [3.05, 3.63) is 64.0 Å². The summed E-state index contributed by atoms with van der Waals surface area (Å²) < 4.78 is 20.8. The number of rotatable bonds is 5. The van der Waals surface area contributed by atoms with Crippen LogP contribution in [0.2, 0.25) is 0 Å². The van der Waals surface area contributed by atoms with Crippen molar-refractivity contribution < 1.29 is 18.7 Å². The number of likely N-dealkylation sites (tertiary alicyclic amines) is 1. The van der Waals surface area contributed by atoms with E-state index in [-0.39, 0.29) is 41.9 Å². The number of benzene rings is 1. The van der Waals surface area contributed by atoms with Crippen molar-refractivity contribution in [1.29, 1.82) is 0 Å². The number of halogens is 1. The highest BCUT2D eigenvalue weighted by Gasteiger charge is 2.35. The molecular formula is C24H25FN4O4. The van der Waals surface area contributed by atoms with Crippen molar-refractivity contribution in [2.24, 2.45) is 5.92 Å². The summed E-state index contributed by atoms with van der Waals surface area (Å²) in [5.74, 6) is -0.891. The van der Waals surface area contributed by atoms with Crippen LogP contribution >= 0.6 is 0 Å². The lowest BCUT2D eigenvalue weighted by molar-refractivity contribution is -0.117. The van der Waals surface area contributed by atoms with Gasteiger partial charge in [-0.1, -0.05) is 6.07 Å². The first-order chi connectivity index (χ1) is 15.9. The highest BCUT2D eigenvalue weighted by atomic mass is 19.1. The van der Waals surface area contributed by atoms with Crippen LogP contribution in [0.1, 0.15) is 35.4 Å². The molecule has 3 aromatic rings. The Bertz CT molecular complexity index is 1300. The minimum Gasteiger partial charge on any atom is -0.461 e. The SMILES string of the molecule is CCOC(=O)c1[nH]c2ccc(F)cc2c1NC(=O)CN1CC2CC(C1)c1cccc(=O)n1C2. The van der Waals surface area contributed by atoms with Crippen LogP contribution in [0, 0.1) is 11.7 Å². The third kappa shape index (κ3) is 4.04. The average molecular weight is 452 g/mol. The van der Waals surface area contributed by atoms with E-state index >= 15 is 0 Å². The topological polar surface area (TPSA) is 96.4 Å². The van der Waals surface area contributed by atoms with E-state index in [2.05, 4.69) is 15.2 Å². The number of nitrogens with one attached hydrogen (secondary N) is 2. The standard InChI is InChI=1S/C24H25FN4O4/c1-2-33-24(32)23-22(17-9-16(25)6-7-18(17)26-23)27-20(30)13-28-10-14-8-15(12-28)19-4-3-5-21(31)29(19)11-14/h3-7,9,14-15,26H,2,8,10-13H2,1H3,(H,27,30). The van der Waals surface area contributed by atoms with Gasteiger partial charge >= 0.3 is 5.97 Å². The van der Waals surface area contributed by atoms with E-state index in [4.69, 9.17) is 4.74 Å². The molecule has 2 aliphatic heterocycles. The zero-order valence-corrected chi connectivity index (χ0v) is 18.3. The molecule has 2 aromatic heterocycles. The predicted molar refractivity (Wildman–Crippen MR) is 121 cm³/mol. The molecule has 172 valence electrons. The molecule has 1 fully saturated rings. The van der Waals surface area contributed by atoms with Gasteiger partial charge in [0.15, 0.2) is 0 Å². The molecule has 2 aliphatic rings. The number of fused-ring (bicyclic) bond motifs is 5. The quantitative estimate of drug-likeness (QED) is 0.581. The molecular weight excluding hydrogens is 427 g/mol. The predicted octanol–water partition coefficient (Wildman–Crippen LogP) is 2.70. The van der Waals surface area contributed by atoms with Gasteiger partial charge in [-0.05, 0) is 43.5 Å². The molecule has 2 unspecified atom stereocenters. The van der Waals surface area contributed by atoms with Crippen LogP contribution in [0.4, 0.5) is 10.1 Å². The third-order valence-corrected chi connectivity index (χ3v) is 6.43. The Hall–Kier alpha value is -3.46. The number of aromatic amines is 1. The summed E-state index contributed by atoms with van der Waals surface area (Å²) in [5.41, 5.74) is 1.88.